The Kier molecular flexibility index (Phi) is 9.79. The molecule has 1 unspecified atom stereocenters. The molecule has 0 aliphatic rings. The Hall–Kier alpha value is -0.120. The highest BCUT2D eigenvalue weighted by atomic mass is 16.3. The van der Waals surface area contributed by atoms with Crippen LogP contribution in [0.25, 0.3) is 0 Å². The maximum Gasteiger partial charge on any atom is 0.0610 e. The third-order valence-electron chi connectivity index (χ3n) is 3.34. The summed E-state index contributed by atoms with van der Waals surface area (Å²) in [6.07, 6.45) is 4.54. The normalized spacial score (nSPS) is 15.2. The number of aliphatic hydroxyl groups is 1. The zero-order chi connectivity index (χ0) is 13.1. The molecule has 3 heteroatoms. The molecule has 0 spiro atoms. The third kappa shape index (κ3) is 7.74. The summed E-state index contributed by atoms with van der Waals surface area (Å²) >= 11 is 0. The summed E-state index contributed by atoms with van der Waals surface area (Å²) in [7, 11) is 0. The van der Waals surface area contributed by atoms with Crippen molar-refractivity contribution in [2.75, 3.05) is 32.8 Å². The Morgan fingerprint density at radius 2 is 1.82 bits per heavy atom. The van der Waals surface area contributed by atoms with Crippen LogP contribution in [-0.4, -0.2) is 48.3 Å². The van der Waals surface area contributed by atoms with Crippen LogP contribution >= 0.6 is 0 Å². The van der Waals surface area contributed by atoms with E-state index in [9.17, 15) is 5.11 Å². The molecule has 17 heavy (non-hydrogen) atoms. The van der Waals surface area contributed by atoms with Crippen LogP contribution < -0.4 is 5.32 Å². The van der Waals surface area contributed by atoms with E-state index in [1.54, 1.807) is 0 Å². The summed E-state index contributed by atoms with van der Waals surface area (Å²) in [5.74, 6) is 0. The Labute approximate surface area is 108 Å². The molecule has 3 nitrogen and oxygen atoms in total. The summed E-state index contributed by atoms with van der Waals surface area (Å²) in [6, 6.07) is 0. The minimum Gasteiger partial charge on any atom is -0.394 e. The molecule has 0 aromatic rings. The molecule has 1 atom stereocenters. The molecule has 0 bridgehead atoms. The van der Waals surface area contributed by atoms with Gasteiger partial charge in [0.1, 0.15) is 0 Å². The van der Waals surface area contributed by atoms with Gasteiger partial charge in [-0.05, 0) is 58.8 Å². The lowest BCUT2D eigenvalue weighted by Crippen LogP contribution is -2.46. The first-order valence-corrected chi connectivity index (χ1v) is 7.20. The van der Waals surface area contributed by atoms with Crippen molar-refractivity contribution in [2.24, 2.45) is 0 Å². The van der Waals surface area contributed by atoms with E-state index in [1.165, 1.54) is 13.0 Å². The van der Waals surface area contributed by atoms with Crippen LogP contribution in [0, 0.1) is 0 Å². The molecule has 0 fully saturated rings. The van der Waals surface area contributed by atoms with Crippen molar-refractivity contribution in [1.29, 1.82) is 0 Å². The van der Waals surface area contributed by atoms with Gasteiger partial charge in [-0.25, -0.2) is 0 Å². The van der Waals surface area contributed by atoms with E-state index >= 15 is 0 Å². The minimum absolute atomic E-state index is 0.0956. The summed E-state index contributed by atoms with van der Waals surface area (Å²) in [4.78, 5) is 2.48. The zero-order valence-corrected chi connectivity index (χ0v) is 12.3. The lowest BCUT2D eigenvalue weighted by molar-refractivity contribution is 0.157. The standard InChI is InChI=1S/C14H32N2O/c1-5-10-15-14(4,13-17)9-8-12-16(7-3)11-6-2/h15,17H,5-13H2,1-4H3. The summed E-state index contributed by atoms with van der Waals surface area (Å²) in [5, 5.41) is 12.9. The van der Waals surface area contributed by atoms with Crippen molar-refractivity contribution >= 4 is 0 Å². The van der Waals surface area contributed by atoms with Crippen LogP contribution in [0.2, 0.25) is 0 Å². The summed E-state index contributed by atoms with van der Waals surface area (Å²) in [6.45, 7) is 13.4. The van der Waals surface area contributed by atoms with Gasteiger partial charge in [0.2, 0.25) is 0 Å². The van der Waals surface area contributed by atoms with E-state index in [4.69, 9.17) is 0 Å². The molecule has 0 rings (SSSR count). The maximum absolute atomic E-state index is 9.46. The van der Waals surface area contributed by atoms with Gasteiger partial charge in [-0.2, -0.15) is 0 Å². The number of nitrogens with one attached hydrogen (secondary N) is 1. The largest absolute Gasteiger partial charge is 0.394 e. The average Bonchev–Trinajstić information content (AvgIpc) is 2.35. The summed E-state index contributed by atoms with van der Waals surface area (Å²) in [5.41, 5.74) is -0.0956. The van der Waals surface area contributed by atoms with Gasteiger partial charge >= 0.3 is 0 Å². The van der Waals surface area contributed by atoms with Crippen molar-refractivity contribution in [3.05, 3.63) is 0 Å². The fraction of sp³-hybridized carbons (Fsp3) is 1.00. The van der Waals surface area contributed by atoms with Crippen LogP contribution in [0.4, 0.5) is 0 Å². The molecular weight excluding hydrogens is 212 g/mol. The molecule has 0 saturated carbocycles. The van der Waals surface area contributed by atoms with Gasteiger partial charge in [-0.1, -0.05) is 20.8 Å². The molecule has 0 aromatic carbocycles. The van der Waals surface area contributed by atoms with E-state index in [-0.39, 0.29) is 12.1 Å². The molecule has 2 N–H and O–H groups in total. The van der Waals surface area contributed by atoms with E-state index < -0.39 is 0 Å². The average molecular weight is 244 g/mol. The number of hydrogen-bond donors (Lipinski definition) is 2. The van der Waals surface area contributed by atoms with Crippen LogP contribution in [0.1, 0.15) is 53.4 Å². The first kappa shape index (κ1) is 16.9. The molecule has 0 aliphatic heterocycles. The highest BCUT2D eigenvalue weighted by Crippen LogP contribution is 2.12. The fourth-order valence-corrected chi connectivity index (χ4v) is 2.09. The zero-order valence-electron chi connectivity index (χ0n) is 12.3. The van der Waals surface area contributed by atoms with Crippen LogP contribution in [0.3, 0.4) is 0 Å². The maximum atomic E-state index is 9.46. The molecule has 0 heterocycles. The first-order valence-electron chi connectivity index (χ1n) is 7.20. The molecule has 104 valence electrons. The van der Waals surface area contributed by atoms with Crippen molar-refractivity contribution in [1.82, 2.24) is 10.2 Å². The van der Waals surface area contributed by atoms with Crippen LogP contribution in [0.5, 0.6) is 0 Å². The van der Waals surface area contributed by atoms with E-state index in [2.05, 4.69) is 37.9 Å². The first-order chi connectivity index (χ1) is 8.11. The molecule has 0 amide bonds. The smallest absolute Gasteiger partial charge is 0.0610 e. The van der Waals surface area contributed by atoms with Gasteiger partial charge in [-0.15, -0.1) is 0 Å². The van der Waals surface area contributed by atoms with Gasteiger partial charge < -0.3 is 15.3 Å². The Bertz CT molecular complexity index is 176. The lowest BCUT2D eigenvalue weighted by atomic mass is 9.96. The SMILES string of the molecule is CCCNC(C)(CO)CCCN(CC)CCC. The molecular formula is C14H32N2O. The van der Waals surface area contributed by atoms with Gasteiger partial charge in [0.05, 0.1) is 6.61 Å². The topological polar surface area (TPSA) is 35.5 Å². The van der Waals surface area contributed by atoms with E-state index in [0.717, 1.165) is 38.9 Å². The second-order valence-corrected chi connectivity index (χ2v) is 5.18. The van der Waals surface area contributed by atoms with Crippen LogP contribution in [0.15, 0.2) is 0 Å². The predicted molar refractivity (Wildman–Crippen MR) is 75.4 cm³/mol. The van der Waals surface area contributed by atoms with Gasteiger partial charge in [0.15, 0.2) is 0 Å². The van der Waals surface area contributed by atoms with E-state index in [1.807, 2.05) is 0 Å². The van der Waals surface area contributed by atoms with Crippen molar-refractivity contribution in [3.63, 3.8) is 0 Å². The number of aliphatic hydroxyl groups excluding tert-OH is 1. The van der Waals surface area contributed by atoms with Gasteiger partial charge in [0, 0.05) is 5.54 Å². The molecule has 0 radical (unpaired) electrons. The Morgan fingerprint density at radius 3 is 2.29 bits per heavy atom. The Balaban J connectivity index is 3.88. The minimum atomic E-state index is -0.0956. The molecule has 0 saturated heterocycles. The van der Waals surface area contributed by atoms with Crippen LogP contribution in [-0.2, 0) is 0 Å². The highest BCUT2D eigenvalue weighted by molar-refractivity contribution is 4.82. The second kappa shape index (κ2) is 9.86. The summed E-state index contributed by atoms with van der Waals surface area (Å²) < 4.78 is 0. The van der Waals surface area contributed by atoms with Gasteiger partial charge in [0.25, 0.3) is 0 Å². The van der Waals surface area contributed by atoms with Gasteiger partial charge in [-0.3, -0.25) is 0 Å². The second-order valence-electron chi connectivity index (χ2n) is 5.18. The predicted octanol–water partition coefficient (Wildman–Crippen LogP) is 2.25. The third-order valence-corrected chi connectivity index (χ3v) is 3.34. The van der Waals surface area contributed by atoms with E-state index in [0.29, 0.717) is 0 Å². The number of nitrogens with zero attached hydrogens (tertiary/aromatic N) is 1. The highest BCUT2D eigenvalue weighted by Gasteiger charge is 2.21. The van der Waals surface area contributed by atoms with Crippen molar-refractivity contribution < 1.29 is 5.11 Å². The van der Waals surface area contributed by atoms with Crippen molar-refractivity contribution in [3.8, 4) is 0 Å². The molecule has 0 aromatic heterocycles. The quantitative estimate of drug-likeness (QED) is 0.585. The number of hydrogen-bond acceptors (Lipinski definition) is 3. The number of rotatable bonds is 11. The monoisotopic (exact) mass is 244 g/mol. The fourth-order valence-electron chi connectivity index (χ4n) is 2.09. The lowest BCUT2D eigenvalue weighted by Gasteiger charge is -2.30. The Morgan fingerprint density at radius 1 is 1.12 bits per heavy atom. The van der Waals surface area contributed by atoms with Crippen molar-refractivity contribution in [2.45, 2.75) is 58.9 Å². The molecule has 0 aliphatic carbocycles.